The molecule has 0 aliphatic carbocycles. The third kappa shape index (κ3) is 6.83. The molecule has 0 saturated heterocycles. The summed E-state index contributed by atoms with van der Waals surface area (Å²) in [4.78, 5) is 47.6. The number of carbonyl (C=O) groups is 3. The number of carbonyl (C=O) groups excluding carboxylic acids is 3. The van der Waals surface area contributed by atoms with Gasteiger partial charge in [-0.3, -0.25) is 0 Å². The van der Waals surface area contributed by atoms with Gasteiger partial charge in [-0.2, -0.15) is 0 Å². The van der Waals surface area contributed by atoms with Crippen LogP contribution in [0.4, 0.5) is 0 Å². The highest BCUT2D eigenvalue weighted by Gasteiger charge is 2.15. The zero-order valence-corrected chi connectivity index (χ0v) is 20.9. The van der Waals surface area contributed by atoms with Gasteiger partial charge in [-0.1, -0.05) is 0 Å². The minimum Gasteiger partial charge on any atom is -0.465 e. The van der Waals surface area contributed by atoms with Crippen molar-refractivity contribution < 1.29 is 42.8 Å². The van der Waals surface area contributed by atoms with Crippen LogP contribution in [0.15, 0.2) is 72.8 Å². The van der Waals surface area contributed by atoms with E-state index in [2.05, 4.69) is 15.0 Å². The first-order chi connectivity index (χ1) is 18.9. The molecule has 198 valence electrons. The zero-order chi connectivity index (χ0) is 27.8. The van der Waals surface area contributed by atoms with Crippen LogP contribution in [0.25, 0.3) is 0 Å². The molecule has 1 heterocycles. The second-order valence-corrected chi connectivity index (χ2v) is 7.54. The molecule has 0 unspecified atom stereocenters. The van der Waals surface area contributed by atoms with Crippen LogP contribution in [0, 0.1) is 0 Å². The molecule has 0 amide bonds. The van der Waals surface area contributed by atoms with Crippen LogP contribution in [0.5, 0.6) is 35.3 Å². The van der Waals surface area contributed by atoms with Crippen molar-refractivity contribution in [1.82, 2.24) is 15.0 Å². The lowest BCUT2D eigenvalue weighted by Gasteiger charge is -2.10. The number of methoxy groups -OCH3 is 3. The van der Waals surface area contributed by atoms with Crippen molar-refractivity contribution in [3.63, 3.8) is 0 Å². The van der Waals surface area contributed by atoms with Crippen LogP contribution in [-0.4, -0.2) is 54.2 Å². The number of rotatable bonds is 9. The van der Waals surface area contributed by atoms with Crippen molar-refractivity contribution >= 4 is 17.9 Å². The summed E-state index contributed by atoms with van der Waals surface area (Å²) in [6, 6.07) is 17.8. The minimum absolute atomic E-state index is 0.168. The zero-order valence-electron chi connectivity index (χ0n) is 20.9. The molecular weight excluding hydrogens is 510 g/mol. The van der Waals surface area contributed by atoms with Gasteiger partial charge in [-0.25, -0.2) is 14.4 Å². The number of esters is 3. The van der Waals surface area contributed by atoms with E-state index < -0.39 is 17.9 Å². The average molecular weight is 531 g/mol. The van der Waals surface area contributed by atoms with Gasteiger partial charge in [0.15, 0.2) is 0 Å². The molecule has 4 rings (SSSR count). The number of benzene rings is 3. The maximum atomic E-state index is 11.7. The third-order valence-corrected chi connectivity index (χ3v) is 5.03. The first-order valence-corrected chi connectivity index (χ1v) is 11.2. The second kappa shape index (κ2) is 12.1. The quantitative estimate of drug-likeness (QED) is 0.220. The number of nitrogens with zero attached hydrogens (tertiary/aromatic N) is 3. The lowest BCUT2D eigenvalue weighted by molar-refractivity contribution is 0.0592. The largest absolute Gasteiger partial charge is 0.465 e. The van der Waals surface area contributed by atoms with Crippen LogP contribution in [0.2, 0.25) is 0 Å². The molecule has 39 heavy (non-hydrogen) atoms. The molecule has 1 aromatic heterocycles. The SMILES string of the molecule is COC(=O)c1ccc(Oc2nc(Oc3ccc(C(=O)OC)cc3)nc(Oc3ccc(C(=O)OC)cc3)n2)cc1. The molecule has 0 N–H and O–H groups in total. The summed E-state index contributed by atoms with van der Waals surface area (Å²) in [6.07, 6.45) is 0. The van der Waals surface area contributed by atoms with E-state index in [1.165, 1.54) is 94.1 Å². The van der Waals surface area contributed by atoms with Crippen molar-refractivity contribution in [2.24, 2.45) is 0 Å². The van der Waals surface area contributed by atoms with Crippen molar-refractivity contribution in [3.8, 4) is 35.3 Å². The Labute approximate surface area is 222 Å². The van der Waals surface area contributed by atoms with Crippen molar-refractivity contribution in [1.29, 1.82) is 0 Å². The molecule has 0 bridgehead atoms. The first kappa shape index (κ1) is 26.5. The van der Waals surface area contributed by atoms with E-state index in [1.807, 2.05) is 0 Å². The van der Waals surface area contributed by atoms with E-state index in [4.69, 9.17) is 28.4 Å². The smallest absolute Gasteiger partial charge is 0.337 e. The average Bonchev–Trinajstić information content (AvgIpc) is 2.97. The number of aromatic nitrogens is 3. The standard InChI is InChI=1S/C27H21N3O9/c1-34-22(31)16-4-10-19(11-5-16)37-25-28-26(38-20-12-6-17(7-13-20)23(32)35-2)30-27(29-25)39-21-14-8-18(9-15-21)24(33)36-3/h4-15H,1-3H3. The number of hydrogen-bond acceptors (Lipinski definition) is 12. The van der Waals surface area contributed by atoms with Crippen molar-refractivity contribution in [2.45, 2.75) is 0 Å². The van der Waals surface area contributed by atoms with Gasteiger partial charge >= 0.3 is 35.9 Å². The Morgan fingerprint density at radius 3 is 0.872 bits per heavy atom. The Balaban J connectivity index is 1.61. The summed E-state index contributed by atoms with van der Waals surface area (Å²) < 4.78 is 31.3. The van der Waals surface area contributed by atoms with Gasteiger partial charge in [0.1, 0.15) is 17.2 Å². The van der Waals surface area contributed by atoms with Gasteiger partial charge in [0.25, 0.3) is 0 Å². The lowest BCUT2D eigenvalue weighted by atomic mass is 10.2. The minimum atomic E-state index is -0.496. The Hall–Kier alpha value is -5.52. The molecule has 0 spiro atoms. The highest BCUT2D eigenvalue weighted by molar-refractivity contribution is 5.90. The van der Waals surface area contributed by atoms with Crippen LogP contribution < -0.4 is 14.2 Å². The summed E-state index contributed by atoms with van der Waals surface area (Å²) in [6.45, 7) is 0. The summed E-state index contributed by atoms with van der Waals surface area (Å²) in [7, 11) is 3.85. The monoisotopic (exact) mass is 531 g/mol. The topological polar surface area (TPSA) is 145 Å². The Morgan fingerprint density at radius 1 is 0.436 bits per heavy atom. The first-order valence-electron chi connectivity index (χ1n) is 11.2. The van der Waals surface area contributed by atoms with Crippen LogP contribution >= 0.6 is 0 Å². The van der Waals surface area contributed by atoms with Gasteiger partial charge in [0.2, 0.25) is 0 Å². The molecule has 0 aliphatic heterocycles. The predicted molar refractivity (Wildman–Crippen MR) is 133 cm³/mol. The molecule has 12 nitrogen and oxygen atoms in total. The van der Waals surface area contributed by atoms with Gasteiger partial charge in [0, 0.05) is 0 Å². The molecule has 12 heteroatoms. The van der Waals surface area contributed by atoms with Crippen LogP contribution in [-0.2, 0) is 14.2 Å². The fourth-order valence-electron chi connectivity index (χ4n) is 3.10. The van der Waals surface area contributed by atoms with E-state index in [-0.39, 0.29) is 18.0 Å². The Morgan fingerprint density at radius 2 is 0.667 bits per heavy atom. The second-order valence-electron chi connectivity index (χ2n) is 7.54. The van der Waals surface area contributed by atoms with E-state index in [9.17, 15) is 14.4 Å². The molecule has 0 fully saturated rings. The summed E-state index contributed by atoms with van der Waals surface area (Å²) in [5.41, 5.74) is 0.998. The molecule has 4 aromatic rings. The number of hydrogen-bond donors (Lipinski definition) is 0. The van der Waals surface area contributed by atoms with E-state index in [0.29, 0.717) is 33.9 Å². The summed E-state index contributed by atoms with van der Waals surface area (Å²) >= 11 is 0. The maximum Gasteiger partial charge on any atom is 0.337 e. The molecular formula is C27H21N3O9. The molecule has 3 aromatic carbocycles. The molecule has 0 aliphatic rings. The third-order valence-electron chi connectivity index (χ3n) is 5.03. The number of ether oxygens (including phenoxy) is 6. The molecule has 0 radical (unpaired) electrons. The fraction of sp³-hybridized carbons (Fsp3) is 0.111. The Bertz CT molecular complexity index is 1280. The summed E-state index contributed by atoms with van der Waals surface area (Å²) in [5, 5.41) is 0. The van der Waals surface area contributed by atoms with E-state index in [1.54, 1.807) is 0 Å². The van der Waals surface area contributed by atoms with Crippen molar-refractivity contribution in [3.05, 3.63) is 89.5 Å². The van der Waals surface area contributed by atoms with Crippen molar-refractivity contribution in [2.75, 3.05) is 21.3 Å². The molecule has 0 atom stereocenters. The maximum absolute atomic E-state index is 11.7. The normalized spacial score (nSPS) is 10.2. The van der Waals surface area contributed by atoms with Crippen LogP contribution in [0.3, 0.4) is 0 Å². The van der Waals surface area contributed by atoms with Crippen LogP contribution in [0.1, 0.15) is 31.1 Å². The van der Waals surface area contributed by atoms with Gasteiger partial charge in [-0.05, 0) is 72.8 Å². The van der Waals surface area contributed by atoms with Gasteiger partial charge in [0.05, 0.1) is 38.0 Å². The fourth-order valence-corrected chi connectivity index (χ4v) is 3.10. The lowest BCUT2D eigenvalue weighted by Crippen LogP contribution is -2.03. The van der Waals surface area contributed by atoms with Gasteiger partial charge < -0.3 is 28.4 Å². The highest BCUT2D eigenvalue weighted by Crippen LogP contribution is 2.27. The van der Waals surface area contributed by atoms with Gasteiger partial charge in [-0.15, -0.1) is 15.0 Å². The predicted octanol–water partition coefficient (Wildman–Crippen LogP) is 4.61. The summed E-state index contributed by atoms with van der Waals surface area (Å²) in [5.74, 6) is -0.541. The molecule has 0 saturated carbocycles. The highest BCUT2D eigenvalue weighted by atomic mass is 16.5. The van der Waals surface area contributed by atoms with E-state index >= 15 is 0 Å². The van der Waals surface area contributed by atoms with E-state index in [0.717, 1.165) is 0 Å². The Kier molecular flexibility index (Phi) is 8.27.